The molecule has 0 radical (unpaired) electrons. The zero-order valence-electron chi connectivity index (χ0n) is 18.9. The topological polar surface area (TPSA) is 58.1 Å². The molecule has 0 unspecified atom stereocenters. The third kappa shape index (κ3) is 9.13. The average molecular weight is 573 g/mol. The Kier molecular flexibility index (Phi) is 12.2. The lowest BCUT2D eigenvalue weighted by atomic mass is 10.1. The van der Waals surface area contributed by atoms with Crippen LogP contribution in [0.4, 0.5) is 0 Å². The van der Waals surface area contributed by atoms with Gasteiger partial charge in [0, 0.05) is 51.0 Å². The fourth-order valence-electron chi connectivity index (χ4n) is 3.60. The molecule has 2 N–H and O–H groups in total. The fraction of sp³-hybridized carbons (Fsp3) is 0.458. The van der Waals surface area contributed by atoms with Crippen LogP contribution in [0.15, 0.2) is 53.5 Å². The Hall–Kier alpha value is -1.55. The standard InChI is InChI=1S/C24H33ClN4O2.HI/c1-26-24(27-17-19-5-3-7-21(25)15-19)28-18-20-6-4-8-23(16-20)31-14-11-29(2)22-9-12-30-13-10-22;/h3-8,15-16,22H,9-14,17-18H2,1-2H3,(H2,26,27,28);1H. The van der Waals surface area contributed by atoms with Gasteiger partial charge in [0.25, 0.3) is 0 Å². The number of nitrogens with one attached hydrogen (secondary N) is 2. The van der Waals surface area contributed by atoms with Gasteiger partial charge >= 0.3 is 0 Å². The van der Waals surface area contributed by atoms with E-state index >= 15 is 0 Å². The normalized spacial score (nSPS) is 14.7. The van der Waals surface area contributed by atoms with Gasteiger partial charge in [0.2, 0.25) is 0 Å². The van der Waals surface area contributed by atoms with Gasteiger partial charge in [0.15, 0.2) is 5.96 Å². The molecule has 32 heavy (non-hydrogen) atoms. The maximum atomic E-state index is 6.05. The minimum absolute atomic E-state index is 0. The maximum absolute atomic E-state index is 6.05. The van der Waals surface area contributed by atoms with Gasteiger partial charge in [-0.15, -0.1) is 24.0 Å². The van der Waals surface area contributed by atoms with Gasteiger partial charge in [0.1, 0.15) is 12.4 Å². The van der Waals surface area contributed by atoms with Crippen LogP contribution in [0.25, 0.3) is 0 Å². The monoisotopic (exact) mass is 572 g/mol. The highest BCUT2D eigenvalue weighted by molar-refractivity contribution is 14.0. The van der Waals surface area contributed by atoms with Crippen molar-refractivity contribution in [3.63, 3.8) is 0 Å². The summed E-state index contributed by atoms with van der Waals surface area (Å²) in [6.07, 6.45) is 2.20. The van der Waals surface area contributed by atoms with Crippen LogP contribution in [0.2, 0.25) is 5.02 Å². The predicted molar refractivity (Wildman–Crippen MR) is 142 cm³/mol. The minimum atomic E-state index is 0. The second kappa shape index (κ2) is 14.6. The second-order valence-corrected chi connectivity index (χ2v) is 8.17. The summed E-state index contributed by atoms with van der Waals surface area (Å²) in [5.41, 5.74) is 2.25. The molecule has 2 aromatic carbocycles. The van der Waals surface area contributed by atoms with Gasteiger partial charge in [-0.2, -0.15) is 0 Å². The number of ether oxygens (including phenoxy) is 2. The molecule has 0 spiro atoms. The number of hydrogen-bond donors (Lipinski definition) is 2. The summed E-state index contributed by atoms with van der Waals surface area (Å²) in [6.45, 7) is 4.63. The summed E-state index contributed by atoms with van der Waals surface area (Å²) in [6, 6.07) is 16.6. The van der Waals surface area contributed by atoms with Crippen molar-refractivity contribution in [1.82, 2.24) is 15.5 Å². The molecule has 1 aliphatic rings. The van der Waals surface area contributed by atoms with Crippen LogP contribution in [0.5, 0.6) is 5.75 Å². The lowest BCUT2D eigenvalue weighted by Gasteiger charge is -2.31. The van der Waals surface area contributed by atoms with Crippen molar-refractivity contribution in [3.05, 3.63) is 64.7 Å². The van der Waals surface area contributed by atoms with E-state index in [0.717, 1.165) is 60.5 Å². The number of nitrogens with zero attached hydrogens (tertiary/aromatic N) is 2. The Morgan fingerprint density at radius 2 is 1.75 bits per heavy atom. The molecular weight excluding hydrogens is 539 g/mol. The summed E-state index contributed by atoms with van der Waals surface area (Å²) in [4.78, 5) is 6.67. The number of benzene rings is 2. The van der Waals surface area contributed by atoms with Crippen molar-refractivity contribution in [1.29, 1.82) is 0 Å². The molecule has 0 atom stereocenters. The van der Waals surface area contributed by atoms with Crippen LogP contribution < -0.4 is 15.4 Å². The van der Waals surface area contributed by atoms with E-state index in [1.165, 1.54) is 0 Å². The van der Waals surface area contributed by atoms with Crippen LogP contribution in [-0.2, 0) is 17.8 Å². The Labute approximate surface area is 213 Å². The van der Waals surface area contributed by atoms with Gasteiger partial charge in [0.05, 0.1) is 0 Å². The lowest BCUT2D eigenvalue weighted by Crippen LogP contribution is -2.38. The molecule has 0 saturated carbocycles. The average Bonchev–Trinajstić information content (AvgIpc) is 2.80. The van der Waals surface area contributed by atoms with E-state index in [2.05, 4.69) is 39.7 Å². The second-order valence-electron chi connectivity index (χ2n) is 7.73. The molecule has 1 aliphatic heterocycles. The first-order chi connectivity index (χ1) is 15.1. The number of likely N-dealkylation sites (N-methyl/N-ethyl adjacent to an activating group) is 1. The summed E-state index contributed by atoms with van der Waals surface area (Å²) >= 11 is 6.05. The van der Waals surface area contributed by atoms with Crippen molar-refractivity contribution in [2.45, 2.75) is 32.0 Å². The number of hydrogen-bond acceptors (Lipinski definition) is 4. The Bertz CT molecular complexity index is 846. The quantitative estimate of drug-likeness (QED) is 0.266. The lowest BCUT2D eigenvalue weighted by molar-refractivity contribution is 0.0392. The molecule has 8 heteroatoms. The van der Waals surface area contributed by atoms with E-state index in [-0.39, 0.29) is 24.0 Å². The molecule has 0 aliphatic carbocycles. The summed E-state index contributed by atoms with van der Waals surface area (Å²) in [7, 11) is 3.93. The Balaban J connectivity index is 0.00000363. The van der Waals surface area contributed by atoms with Crippen LogP contribution in [0.1, 0.15) is 24.0 Å². The van der Waals surface area contributed by atoms with Crippen LogP contribution in [0, 0.1) is 0 Å². The van der Waals surface area contributed by atoms with E-state index in [1.807, 2.05) is 36.4 Å². The smallest absolute Gasteiger partial charge is 0.191 e. The number of aliphatic imine (C=N–C) groups is 1. The molecule has 0 aromatic heterocycles. The zero-order chi connectivity index (χ0) is 21.9. The van der Waals surface area contributed by atoms with Crippen molar-refractivity contribution in [2.75, 3.05) is 40.5 Å². The van der Waals surface area contributed by atoms with Crippen molar-refractivity contribution in [3.8, 4) is 5.75 Å². The van der Waals surface area contributed by atoms with Crippen LogP contribution in [0.3, 0.4) is 0 Å². The first-order valence-electron chi connectivity index (χ1n) is 10.8. The molecule has 3 rings (SSSR count). The largest absolute Gasteiger partial charge is 0.492 e. The van der Waals surface area contributed by atoms with Crippen molar-refractivity contribution in [2.24, 2.45) is 4.99 Å². The van der Waals surface area contributed by atoms with Gasteiger partial charge in [-0.1, -0.05) is 35.9 Å². The van der Waals surface area contributed by atoms with Gasteiger partial charge in [-0.25, -0.2) is 0 Å². The molecule has 1 saturated heterocycles. The fourth-order valence-corrected chi connectivity index (χ4v) is 3.81. The Morgan fingerprint density at radius 1 is 1.09 bits per heavy atom. The zero-order valence-corrected chi connectivity index (χ0v) is 21.9. The summed E-state index contributed by atoms with van der Waals surface area (Å²) < 4.78 is 11.4. The van der Waals surface area contributed by atoms with E-state index in [9.17, 15) is 0 Å². The molecule has 0 bridgehead atoms. The van der Waals surface area contributed by atoms with Crippen molar-refractivity contribution >= 4 is 41.5 Å². The maximum Gasteiger partial charge on any atom is 0.191 e. The first kappa shape index (κ1) is 26.7. The molecule has 2 aromatic rings. The third-order valence-corrected chi connectivity index (χ3v) is 5.69. The molecule has 6 nitrogen and oxygen atoms in total. The van der Waals surface area contributed by atoms with Gasteiger partial charge < -0.3 is 20.1 Å². The van der Waals surface area contributed by atoms with E-state index in [0.29, 0.717) is 25.7 Å². The molecule has 1 fully saturated rings. The molecule has 176 valence electrons. The van der Waals surface area contributed by atoms with Crippen molar-refractivity contribution < 1.29 is 9.47 Å². The van der Waals surface area contributed by atoms with E-state index in [1.54, 1.807) is 7.05 Å². The van der Waals surface area contributed by atoms with Gasteiger partial charge in [-0.05, 0) is 55.3 Å². The minimum Gasteiger partial charge on any atom is -0.492 e. The molecule has 0 amide bonds. The third-order valence-electron chi connectivity index (χ3n) is 5.46. The van der Waals surface area contributed by atoms with Crippen LogP contribution in [-0.4, -0.2) is 57.4 Å². The van der Waals surface area contributed by atoms with Gasteiger partial charge in [-0.3, -0.25) is 9.89 Å². The predicted octanol–water partition coefficient (Wildman–Crippen LogP) is 4.31. The Morgan fingerprint density at radius 3 is 2.41 bits per heavy atom. The van der Waals surface area contributed by atoms with Crippen LogP contribution >= 0.6 is 35.6 Å². The molecule has 1 heterocycles. The molecular formula is C24H34ClIN4O2. The van der Waals surface area contributed by atoms with E-state index < -0.39 is 0 Å². The number of rotatable bonds is 9. The SMILES string of the molecule is CN=C(NCc1cccc(Cl)c1)NCc1cccc(OCCN(C)C2CCOCC2)c1.I. The summed E-state index contributed by atoms with van der Waals surface area (Å²) in [5, 5.41) is 7.39. The highest BCUT2D eigenvalue weighted by atomic mass is 127. The highest BCUT2D eigenvalue weighted by Crippen LogP contribution is 2.15. The van der Waals surface area contributed by atoms with E-state index in [4.69, 9.17) is 21.1 Å². The summed E-state index contributed by atoms with van der Waals surface area (Å²) in [5.74, 6) is 1.63. The highest BCUT2D eigenvalue weighted by Gasteiger charge is 2.17. The number of halogens is 2. The first-order valence-corrected chi connectivity index (χ1v) is 11.2. The number of guanidine groups is 1.